The summed E-state index contributed by atoms with van der Waals surface area (Å²) in [5, 5.41) is 4.90. The molecule has 0 bridgehead atoms. The first-order valence-corrected chi connectivity index (χ1v) is 10.9. The topological polar surface area (TPSA) is 68.3 Å². The summed E-state index contributed by atoms with van der Waals surface area (Å²) < 4.78 is 6.52. The predicted molar refractivity (Wildman–Crippen MR) is 117 cm³/mol. The maximum absolute atomic E-state index is 12.2. The Balaban J connectivity index is 1.54. The lowest BCUT2D eigenvalue weighted by atomic mass is 10.1. The summed E-state index contributed by atoms with van der Waals surface area (Å²) in [6, 6.07) is 12.7. The van der Waals surface area contributed by atoms with E-state index in [0.29, 0.717) is 17.7 Å². The quantitative estimate of drug-likeness (QED) is 0.480. The number of aromatic nitrogens is 1. The molecule has 0 spiro atoms. The SMILES string of the molecule is CCC(=O)c1ccc(OCC(=O)Nc2ccc(Sc3nc(C)cs3)cc2C)cc1. The number of thiazole rings is 1. The maximum Gasteiger partial charge on any atom is 0.262 e. The van der Waals surface area contributed by atoms with Crippen molar-refractivity contribution in [1.82, 2.24) is 4.98 Å². The Morgan fingerprint density at radius 1 is 1.14 bits per heavy atom. The number of ether oxygens (including phenoxy) is 1. The van der Waals surface area contributed by atoms with Crippen LogP contribution in [-0.2, 0) is 4.79 Å². The number of hydrogen-bond acceptors (Lipinski definition) is 6. The molecule has 0 aliphatic heterocycles. The van der Waals surface area contributed by atoms with Gasteiger partial charge in [0.05, 0.1) is 0 Å². The van der Waals surface area contributed by atoms with Crippen molar-refractivity contribution in [3.63, 3.8) is 0 Å². The summed E-state index contributed by atoms with van der Waals surface area (Å²) in [4.78, 5) is 29.4. The zero-order valence-electron chi connectivity index (χ0n) is 16.5. The van der Waals surface area contributed by atoms with Gasteiger partial charge in [0.2, 0.25) is 0 Å². The number of carbonyl (C=O) groups is 2. The van der Waals surface area contributed by atoms with Crippen LogP contribution in [0.2, 0.25) is 0 Å². The lowest BCUT2D eigenvalue weighted by Crippen LogP contribution is -2.20. The van der Waals surface area contributed by atoms with Gasteiger partial charge in [0.25, 0.3) is 5.91 Å². The van der Waals surface area contributed by atoms with Crippen LogP contribution in [0.15, 0.2) is 57.1 Å². The van der Waals surface area contributed by atoms with E-state index >= 15 is 0 Å². The summed E-state index contributed by atoms with van der Waals surface area (Å²) in [5.74, 6) is 0.393. The van der Waals surface area contributed by atoms with Crippen LogP contribution in [0, 0.1) is 13.8 Å². The van der Waals surface area contributed by atoms with E-state index in [1.165, 1.54) is 0 Å². The van der Waals surface area contributed by atoms with Crippen molar-refractivity contribution in [3.8, 4) is 5.75 Å². The number of nitrogens with zero attached hydrogens (tertiary/aromatic N) is 1. The average Bonchev–Trinajstić information content (AvgIpc) is 3.13. The minimum Gasteiger partial charge on any atom is -0.484 e. The van der Waals surface area contributed by atoms with Gasteiger partial charge in [-0.1, -0.05) is 18.7 Å². The highest BCUT2D eigenvalue weighted by Gasteiger charge is 2.09. The normalized spacial score (nSPS) is 10.6. The Labute approximate surface area is 178 Å². The van der Waals surface area contributed by atoms with Gasteiger partial charge in [-0.2, -0.15) is 0 Å². The molecule has 0 aliphatic carbocycles. The van der Waals surface area contributed by atoms with Gasteiger partial charge in [-0.15, -0.1) is 11.3 Å². The van der Waals surface area contributed by atoms with Crippen molar-refractivity contribution >= 4 is 40.5 Å². The third-order valence-corrected chi connectivity index (χ3v) is 6.19. The molecule has 3 aromatic rings. The molecule has 0 aliphatic rings. The van der Waals surface area contributed by atoms with Crippen LogP contribution in [0.3, 0.4) is 0 Å². The number of Topliss-reactive ketones (excluding diaryl/α,β-unsaturated/α-hetero) is 1. The van der Waals surface area contributed by atoms with E-state index in [2.05, 4.69) is 10.3 Å². The number of benzene rings is 2. The molecule has 29 heavy (non-hydrogen) atoms. The molecular weight excluding hydrogens is 404 g/mol. The number of amides is 1. The molecular formula is C22H22N2O3S2. The Morgan fingerprint density at radius 3 is 2.52 bits per heavy atom. The Bertz CT molecular complexity index is 1010. The number of aryl methyl sites for hydroxylation is 2. The van der Waals surface area contributed by atoms with E-state index in [1.807, 2.05) is 44.4 Å². The molecule has 5 nitrogen and oxygen atoms in total. The van der Waals surface area contributed by atoms with Gasteiger partial charge in [-0.05, 0) is 61.9 Å². The van der Waals surface area contributed by atoms with E-state index in [0.717, 1.165) is 26.2 Å². The first-order valence-electron chi connectivity index (χ1n) is 9.21. The number of hydrogen-bond donors (Lipinski definition) is 1. The lowest BCUT2D eigenvalue weighted by molar-refractivity contribution is -0.118. The van der Waals surface area contributed by atoms with E-state index in [9.17, 15) is 9.59 Å². The second-order valence-electron chi connectivity index (χ2n) is 6.47. The van der Waals surface area contributed by atoms with Crippen molar-refractivity contribution in [3.05, 3.63) is 64.7 Å². The average molecular weight is 427 g/mol. The molecule has 150 valence electrons. The second kappa shape index (κ2) is 9.71. The zero-order valence-corrected chi connectivity index (χ0v) is 18.2. The molecule has 7 heteroatoms. The third-order valence-electron chi connectivity index (χ3n) is 4.14. The van der Waals surface area contributed by atoms with Crippen LogP contribution in [0.1, 0.15) is 35.0 Å². The van der Waals surface area contributed by atoms with Gasteiger partial charge in [0.15, 0.2) is 16.7 Å². The summed E-state index contributed by atoms with van der Waals surface area (Å²) in [7, 11) is 0. The van der Waals surface area contributed by atoms with Crippen molar-refractivity contribution in [2.24, 2.45) is 0 Å². The van der Waals surface area contributed by atoms with E-state index < -0.39 is 0 Å². The third kappa shape index (κ3) is 5.92. The van der Waals surface area contributed by atoms with Crippen molar-refractivity contribution in [2.45, 2.75) is 36.4 Å². The molecule has 1 amide bonds. The Hall–Kier alpha value is -2.64. The monoisotopic (exact) mass is 426 g/mol. The van der Waals surface area contributed by atoms with Crippen molar-refractivity contribution in [2.75, 3.05) is 11.9 Å². The largest absolute Gasteiger partial charge is 0.484 e. The Kier molecular flexibility index (Phi) is 7.06. The van der Waals surface area contributed by atoms with Crippen LogP contribution in [0.4, 0.5) is 5.69 Å². The molecule has 0 saturated heterocycles. The summed E-state index contributed by atoms with van der Waals surface area (Å²) in [6.07, 6.45) is 0.461. The minimum absolute atomic E-state index is 0.0800. The number of nitrogens with one attached hydrogen (secondary N) is 1. The fraction of sp³-hybridized carbons (Fsp3) is 0.227. The summed E-state index contributed by atoms with van der Waals surface area (Å²) in [6.45, 7) is 5.66. The van der Waals surface area contributed by atoms with Gasteiger partial charge in [-0.3, -0.25) is 9.59 Å². The standard InChI is InChI=1S/C22H22N2O3S2/c1-4-20(25)16-5-7-17(8-6-16)27-12-21(26)24-19-10-9-18(11-14(19)2)29-22-23-15(3)13-28-22/h5-11,13H,4,12H2,1-3H3,(H,24,26). The molecule has 1 heterocycles. The van der Waals surface area contributed by atoms with Gasteiger partial charge in [0, 0.05) is 33.6 Å². The van der Waals surface area contributed by atoms with E-state index in [-0.39, 0.29) is 18.3 Å². The zero-order chi connectivity index (χ0) is 20.8. The number of carbonyl (C=O) groups excluding carboxylic acids is 2. The summed E-state index contributed by atoms with van der Waals surface area (Å²) in [5.41, 5.74) is 3.39. The first kappa shape index (κ1) is 21.1. The van der Waals surface area contributed by atoms with Gasteiger partial charge < -0.3 is 10.1 Å². The first-order chi connectivity index (χ1) is 13.9. The van der Waals surface area contributed by atoms with E-state index in [1.54, 1.807) is 47.4 Å². The highest BCUT2D eigenvalue weighted by molar-refractivity contribution is 8.01. The van der Waals surface area contributed by atoms with Crippen LogP contribution in [0.25, 0.3) is 0 Å². The molecule has 0 fully saturated rings. The highest BCUT2D eigenvalue weighted by Crippen LogP contribution is 2.32. The Morgan fingerprint density at radius 2 is 1.90 bits per heavy atom. The fourth-order valence-electron chi connectivity index (χ4n) is 2.60. The highest BCUT2D eigenvalue weighted by atomic mass is 32.2. The fourth-order valence-corrected chi connectivity index (χ4v) is 4.51. The van der Waals surface area contributed by atoms with Crippen LogP contribution < -0.4 is 10.1 Å². The molecule has 0 saturated carbocycles. The smallest absolute Gasteiger partial charge is 0.262 e. The molecule has 0 atom stereocenters. The number of ketones is 1. The van der Waals surface area contributed by atoms with Gasteiger partial charge in [-0.25, -0.2) is 4.98 Å². The predicted octanol–water partition coefficient (Wildman–Crippen LogP) is 5.52. The molecule has 1 N–H and O–H groups in total. The molecule has 1 aromatic heterocycles. The molecule has 0 unspecified atom stereocenters. The minimum atomic E-state index is -0.238. The molecule has 0 radical (unpaired) electrons. The van der Waals surface area contributed by atoms with Crippen molar-refractivity contribution < 1.29 is 14.3 Å². The van der Waals surface area contributed by atoms with Crippen LogP contribution in [0.5, 0.6) is 5.75 Å². The molecule has 3 rings (SSSR count). The lowest BCUT2D eigenvalue weighted by Gasteiger charge is -2.11. The summed E-state index contributed by atoms with van der Waals surface area (Å²) >= 11 is 3.23. The number of anilines is 1. The van der Waals surface area contributed by atoms with Gasteiger partial charge in [0.1, 0.15) is 5.75 Å². The maximum atomic E-state index is 12.2. The number of rotatable bonds is 8. The second-order valence-corrected chi connectivity index (χ2v) is 8.65. The van der Waals surface area contributed by atoms with Gasteiger partial charge >= 0.3 is 0 Å². The van der Waals surface area contributed by atoms with Crippen LogP contribution >= 0.6 is 23.1 Å². The van der Waals surface area contributed by atoms with Crippen LogP contribution in [-0.4, -0.2) is 23.3 Å². The van der Waals surface area contributed by atoms with E-state index in [4.69, 9.17) is 4.74 Å². The van der Waals surface area contributed by atoms with Crippen molar-refractivity contribution in [1.29, 1.82) is 0 Å². The molecule has 2 aromatic carbocycles.